The zero-order chi connectivity index (χ0) is 14.0. The van der Waals surface area contributed by atoms with Crippen LogP contribution in [0.1, 0.15) is 25.7 Å². The molecule has 5 nitrogen and oxygen atoms in total. The van der Waals surface area contributed by atoms with E-state index in [-0.39, 0.29) is 25.7 Å². The lowest BCUT2D eigenvalue weighted by Crippen LogP contribution is -2.46. The van der Waals surface area contributed by atoms with Gasteiger partial charge in [-0.1, -0.05) is 0 Å². The monoisotopic (exact) mass is 274 g/mol. The molecule has 0 unspecified atom stereocenters. The SMILES string of the molecule is COc1cnn(C2(C(=O)O)CCC(C(F)F)CC2)c1. The van der Waals surface area contributed by atoms with Gasteiger partial charge in [0.2, 0.25) is 6.43 Å². The van der Waals surface area contributed by atoms with Crippen LogP contribution in [-0.2, 0) is 10.3 Å². The molecule has 1 N–H and O–H groups in total. The van der Waals surface area contributed by atoms with E-state index in [1.165, 1.54) is 24.2 Å². The third kappa shape index (κ3) is 2.41. The van der Waals surface area contributed by atoms with Gasteiger partial charge < -0.3 is 9.84 Å². The van der Waals surface area contributed by atoms with Crippen molar-refractivity contribution in [3.8, 4) is 5.75 Å². The van der Waals surface area contributed by atoms with Gasteiger partial charge in [0.1, 0.15) is 0 Å². The summed E-state index contributed by atoms with van der Waals surface area (Å²) in [5, 5.41) is 13.5. The number of ether oxygens (including phenoxy) is 1. The number of hydrogen-bond acceptors (Lipinski definition) is 3. The molecular weight excluding hydrogens is 258 g/mol. The van der Waals surface area contributed by atoms with Gasteiger partial charge in [-0.25, -0.2) is 13.6 Å². The van der Waals surface area contributed by atoms with E-state index >= 15 is 0 Å². The van der Waals surface area contributed by atoms with Gasteiger partial charge in [-0.05, 0) is 25.7 Å². The lowest BCUT2D eigenvalue weighted by molar-refractivity contribution is -0.151. The second kappa shape index (κ2) is 5.14. The van der Waals surface area contributed by atoms with Crippen molar-refractivity contribution in [3.63, 3.8) is 0 Å². The molecule has 1 aliphatic rings. The first kappa shape index (κ1) is 13.8. The molecule has 1 aromatic rings. The Hall–Kier alpha value is -1.66. The molecule has 1 heterocycles. The molecule has 0 spiro atoms. The molecule has 106 valence electrons. The second-order valence-corrected chi connectivity index (χ2v) is 4.83. The highest BCUT2D eigenvalue weighted by molar-refractivity contribution is 5.76. The fraction of sp³-hybridized carbons (Fsp3) is 0.667. The molecule has 1 aromatic heterocycles. The first-order chi connectivity index (χ1) is 8.99. The summed E-state index contributed by atoms with van der Waals surface area (Å²) in [5.41, 5.74) is -1.23. The molecule has 0 bridgehead atoms. The van der Waals surface area contributed by atoms with E-state index in [0.29, 0.717) is 5.75 Å². The molecule has 0 amide bonds. The summed E-state index contributed by atoms with van der Waals surface area (Å²) in [6.45, 7) is 0. The minimum absolute atomic E-state index is 0.155. The number of alkyl halides is 2. The number of aromatic nitrogens is 2. The predicted molar refractivity (Wildman–Crippen MR) is 62.4 cm³/mol. The molecule has 0 aromatic carbocycles. The first-order valence-electron chi connectivity index (χ1n) is 6.10. The number of carboxylic acid groups (broad SMARTS) is 1. The van der Waals surface area contributed by atoms with E-state index < -0.39 is 23.9 Å². The quantitative estimate of drug-likeness (QED) is 0.913. The Morgan fingerprint density at radius 2 is 2.21 bits per heavy atom. The third-order valence-electron chi connectivity index (χ3n) is 3.85. The van der Waals surface area contributed by atoms with E-state index in [9.17, 15) is 18.7 Å². The number of carboxylic acids is 1. The number of halogens is 2. The second-order valence-electron chi connectivity index (χ2n) is 4.83. The smallest absolute Gasteiger partial charge is 0.331 e. The van der Waals surface area contributed by atoms with Gasteiger partial charge >= 0.3 is 5.97 Å². The maximum atomic E-state index is 12.6. The van der Waals surface area contributed by atoms with Gasteiger partial charge in [0, 0.05) is 5.92 Å². The van der Waals surface area contributed by atoms with Gasteiger partial charge in [0.05, 0.1) is 19.5 Å². The normalized spacial score (nSPS) is 27.5. The Kier molecular flexibility index (Phi) is 3.73. The van der Waals surface area contributed by atoms with Crippen molar-refractivity contribution >= 4 is 5.97 Å². The van der Waals surface area contributed by atoms with E-state index in [4.69, 9.17) is 4.74 Å². The standard InChI is InChI=1S/C12H16F2N2O3/c1-19-9-6-15-16(7-9)12(11(17)18)4-2-8(3-5-12)10(13)14/h6-8,10H,2-5H2,1H3,(H,17,18). The fourth-order valence-corrected chi connectivity index (χ4v) is 2.56. The van der Waals surface area contributed by atoms with E-state index in [1.807, 2.05) is 0 Å². The van der Waals surface area contributed by atoms with Gasteiger partial charge in [-0.15, -0.1) is 0 Å². The maximum Gasteiger partial charge on any atom is 0.331 e. The van der Waals surface area contributed by atoms with Crippen LogP contribution in [0.5, 0.6) is 5.75 Å². The third-order valence-corrected chi connectivity index (χ3v) is 3.85. The van der Waals surface area contributed by atoms with Crippen LogP contribution in [0.25, 0.3) is 0 Å². The molecule has 2 rings (SSSR count). The summed E-state index contributed by atoms with van der Waals surface area (Å²) in [6, 6.07) is 0. The van der Waals surface area contributed by atoms with Crippen LogP contribution in [-0.4, -0.2) is 34.4 Å². The summed E-state index contributed by atoms with van der Waals surface area (Å²) in [5.74, 6) is -1.30. The predicted octanol–water partition coefficient (Wildman–Crippen LogP) is 2.13. The van der Waals surface area contributed by atoms with Crippen molar-refractivity contribution in [2.45, 2.75) is 37.6 Å². The lowest BCUT2D eigenvalue weighted by Gasteiger charge is -2.36. The number of aliphatic carboxylic acids is 1. The minimum Gasteiger partial charge on any atom is -0.493 e. The summed E-state index contributed by atoms with van der Waals surface area (Å²) >= 11 is 0. The van der Waals surface area contributed by atoms with Gasteiger partial charge in [-0.3, -0.25) is 4.68 Å². The van der Waals surface area contributed by atoms with Gasteiger partial charge in [0.15, 0.2) is 11.3 Å². The van der Waals surface area contributed by atoms with Crippen molar-refractivity contribution in [1.29, 1.82) is 0 Å². The highest BCUT2D eigenvalue weighted by Crippen LogP contribution is 2.40. The zero-order valence-corrected chi connectivity index (χ0v) is 10.6. The van der Waals surface area contributed by atoms with Crippen LogP contribution >= 0.6 is 0 Å². The van der Waals surface area contributed by atoms with Crippen LogP contribution in [0.15, 0.2) is 12.4 Å². The Balaban J connectivity index is 2.23. The summed E-state index contributed by atoms with van der Waals surface area (Å²) in [4.78, 5) is 11.6. The van der Waals surface area contributed by atoms with Gasteiger partial charge in [0.25, 0.3) is 0 Å². The summed E-state index contributed by atoms with van der Waals surface area (Å²) in [7, 11) is 1.46. The fourth-order valence-electron chi connectivity index (χ4n) is 2.56. The van der Waals surface area contributed by atoms with Crippen molar-refractivity contribution in [1.82, 2.24) is 9.78 Å². The molecular formula is C12H16F2N2O3. The number of nitrogens with zero attached hydrogens (tertiary/aromatic N) is 2. The van der Waals surface area contributed by atoms with Gasteiger partial charge in [-0.2, -0.15) is 5.10 Å². The van der Waals surface area contributed by atoms with Crippen molar-refractivity contribution in [2.75, 3.05) is 7.11 Å². The van der Waals surface area contributed by atoms with Crippen molar-refractivity contribution in [3.05, 3.63) is 12.4 Å². The average molecular weight is 274 g/mol. The largest absolute Gasteiger partial charge is 0.493 e. The van der Waals surface area contributed by atoms with Crippen molar-refractivity contribution in [2.24, 2.45) is 5.92 Å². The Morgan fingerprint density at radius 1 is 1.58 bits per heavy atom. The first-order valence-corrected chi connectivity index (χ1v) is 6.10. The van der Waals surface area contributed by atoms with Crippen LogP contribution in [0, 0.1) is 5.92 Å². The molecule has 7 heteroatoms. The Labute approximate surface area is 109 Å². The number of hydrogen-bond donors (Lipinski definition) is 1. The summed E-state index contributed by atoms with van der Waals surface area (Å²) in [6.07, 6.45) is 1.21. The maximum absolute atomic E-state index is 12.6. The molecule has 1 aliphatic carbocycles. The van der Waals surface area contributed by atoms with Crippen LogP contribution in [0.4, 0.5) is 8.78 Å². The van der Waals surface area contributed by atoms with E-state index in [1.54, 1.807) is 0 Å². The highest BCUT2D eigenvalue weighted by atomic mass is 19.3. The molecule has 19 heavy (non-hydrogen) atoms. The molecule has 0 aliphatic heterocycles. The van der Waals surface area contributed by atoms with Crippen LogP contribution in [0.3, 0.4) is 0 Å². The average Bonchev–Trinajstić information content (AvgIpc) is 2.87. The zero-order valence-electron chi connectivity index (χ0n) is 10.6. The molecule has 0 saturated heterocycles. The number of carbonyl (C=O) groups is 1. The van der Waals surface area contributed by atoms with E-state index in [0.717, 1.165) is 0 Å². The molecule has 0 radical (unpaired) electrons. The number of methoxy groups -OCH3 is 1. The van der Waals surface area contributed by atoms with Crippen LogP contribution < -0.4 is 4.74 Å². The van der Waals surface area contributed by atoms with E-state index in [2.05, 4.69) is 5.10 Å². The summed E-state index contributed by atoms with van der Waals surface area (Å²) < 4.78 is 31.6. The topological polar surface area (TPSA) is 64.4 Å². The Morgan fingerprint density at radius 3 is 2.63 bits per heavy atom. The molecule has 0 atom stereocenters. The van der Waals surface area contributed by atoms with Crippen LogP contribution in [0.2, 0.25) is 0 Å². The molecule has 1 saturated carbocycles. The van der Waals surface area contributed by atoms with Crippen molar-refractivity contribution < 1.29 is 23.4 Å². The molecule has 1 fully saturated rings. The highest BCUT2D eigenvalue weighted by Gasteiger charge is 2.46. The number of rotatable bonds is 4. The minimum atomic E-state index is -2.39. The Bertz CT molecular complexity index is 454. The lowest BCUT2D eigenvalue weighted by atomic mass is 9.76.